The van der Waals surface area contributed by atoms with Crippen LogP contribution in [0.1, 0.15) is 58.1 Å². The summed E-state index contributed by atoms with van der Waals surface area (Å²) in [5.41, 5.74) is 1.77. The topological polar surface area (TPSA) is 37.8 Å². The Bertz CT molecular complexity index is 351. The standard InChI is InChI=1S/C15H25N3/c1-4-18-14(13-9-16-11-17-10-13)12-5-7-15(2,3)8-6-12/h9-12,14,18H,4-8H2,1-3H3. The first kappa shape index (κ1) is 13.5. The van der Waals surface area contributed by atoms with Gasteiger partial charge in [0.1, 0.15) is 6.33 Å². The summed E-state index contributed by atoms with van der Waals surface area (Å²) in [6, 6.07) is 0.423. The van der Waals surface area contributed by atoms with E-state index in [1.54, 1.807) is 6.33 Å². The quantitative estimate of drug-likeness (QED) is 0.886. The molecule has 1 aliphatic carbocycles. The van der Waals surface area contributed by atoms with Crippen LogP contribution in [0.2, 0.25) is 0 Å². The molecule has 0 saturated heterocycles. The highest BCUT2D eigenvalue weighted by Crippen LogP contribution is 2.42. The average molecular weight is 247 g/mol. The Morgan fingerprint density at radius 2 is 1.89 bits per heavy atom. The zero-order valence-corrected chi connectivity index (χ0v) is 11.8. The average Bonchev–Trinajstić information content (AvgIpc) is 2.38. The SMILES string of the molecule is CCNC(c1cncnc1)C1CCC(C)(C)CC1. The van der Waals surface area contributed by atoms with E-state index in [9.17, 15) is 0 Å². The first-order valence-electron chi connectivity index (χ1n) is 7.11. The molecule has 1 fully saturated rings. The summed E-state index contributed by atoms with van der Waals surface area (Å²) < 4.78 is 0. The van der Waals surface area contributed by atoms with Gasteiger partial charge in [-0.15, -0.1) is 0 Å². The Hall–Kier alpha value is -0.960. The monoisotopic (exact) mass is 247 g/mol. The zero-order chi connectivity index (χ0) is 13.0. The molecule has 1 aliphatic rings. The van der Waals surface area contributed by atoms with Gasteiger partial charge in [0.15, 0.2) is 0 Å². The van der Waals surface area contributed by atoms with Crippen molar-refractivity contribution in [1.82, 2.24) is 15.3 Å². The van der Waals surface area contributed by atoms with Gasteiger partial charge in [-0.05, 0) is 43.6 Å². The number of nitrogens with one attached hydrogen (secondary N) is 1. The minimum atomic E-state index is 0.423. The molecule has 0 radical (unpaired) electrons. The first-order chi connectivity index (χ1) is 8.62. The highest BCUT2D eigenvalue weighted by Gasteiger charge is 2.31. The van der Waals surface area contributed by atoms with E-state index in [-0.39, 0.29) is 0 Å². The number of nitrogens with zero attached hydrogens (tertiary/aromatic N) is 2. The van der Waals surface area contributed by atoms with Crippen LogP contribution in [0.25, 0.3) is 0 Å². The summed E-state index contributed by atoms with van der Waals surface area (Å²) in [6.45, 7) is 7.94. The zero-order valence-electron chi connectivity index (χ0n) is 11.8. The van der Waals surface area contributed by atoms with Crippen molar-refractivity contribution in [3.8, 4) is 0 Å². The molecular formula is C15H25N3. The molecule has 1 atom stereocenters. The molecule has 1 aromatic rings. The maximum absolute atomic E-state index is 4.16. The Morgan fingerprint density at radius 1 is 1.28 bits per heavy atom. The summed E-state index contributed by atoms with van der Waals surface area (Å²) in [4.78, 5) is 8.32. The normalized spacial score (nSPS) is 21.7. The Labute approximate surface area is 110 Å². The molecule has 3 nitrogen and oxygen atoms in total. The minimum Gasteiger partial charge on any atom is -0.310 e. The summed E-state index contributed by atoms with van der Waals surface area (Å²) in [7, 11) is 0. The molecule has 1 unspecified atom stereocenters. The fourth-order valence-corrected chi connectivity index (χ4v) is 3.00. The van der Waals surface area contributed by atoms with Crippen LogP contribution in [0.5, 0.6) is 0 Å². The van der Waals surface area contributed by atoms with Crippen LogP contribution in [0.3, 0.4) is 0 Å². The molecule has 3 heteroatoms. The lowest BCUT2D eigenvalue weighted by Crippen LogP contribution is -2.33. The van der Waals surface area contributed by atoms with Crippen molar-refractivity contribution in [2.75, 3.05) is 6.54 Å². The maximum atomic E-state index is 4.16. The highest BCUT2D eigenvalue weighted by molar-refractivity contribution is 5.11. The first-order valence-corrected chi connectivity index (χ1v) is 7.11. The van der Waals surface area contributed by atoms with Gasteiger partial charge in [-0.1, -0.05) is 20.8 Å². The van der Waals surface area contributed by atoms with Crippen LogP contribution in [0.4, 0.5) is 0 Å². The van der Waals surface area contributed by atoms with Crippen molar-refractivity contribution in [1.29, 1.82) is 0 Å². The molecule has 1 saturated carbocycles. The van der Waals surface area contributed by atoms with E-state index in [1.807, 2.05) is 12.4 Å². The molecule has 0 amide bonds. The van der Waals surface area contributed by atoms with Crippen molar-refractivity contribution in [2.24, 2.45) is 11.3 Å². The molecule has 0 bridgehead atoms. The van der Waals surface area contributed by atoms with Crippen LogP contribution in [-0.2, 0) is 0 Å². The second-order valence-corrected chi connectivity index (χ2v) is 6.21. The van der Waals surface area contributed by atoms with Crippen LogP contribution in [0.15, 0.2) is 18.7 Å². The highest BCUT2D eigenvalue weighted by atomic mass is 14.9. The predicted molar refractivity (Wildman–Crippen MR) is 74.2 cm³/mol. The number of hydrogen-bond donors (Lipinski definition) is 1. The van der Waals surface area contributed by atoms with Gasteiger partial charge in [-0.3, -0.25) is 0 Å². The molecule has 0 spiro atoms. The third-order valence-corrected chi connectivity index (χ3v) is 4.22. The van der Waals surface area contributed by atoms with E-state index in [0.717, 1.165) is 12.5 Å². The van der Waals surface area contributed by atoms with Crippen molar-refractivity contribution in [3.05, 3.63) is 24.3 Å². The molecular weight excluding hydrogens is 222 g/mol. The van der Waals surface area contributed by atoms with Gasteiger partial charge in [0.05, 0.1) is 0 Å². The van der Waals surface area contributed by atoms with Crippen molar-refractivity contribution < 1.29 is 0 Å². The minimum absolute atomic E-state index is 0.423. The van der Waals surface area contributed by atoms with Crippen molar-refractivity contribution >= 4 is 0 Å². The van der Waals surface area contributed by atoms with Gasteiger partial charge in [0, 0.05) is 24.0 Å². The van der Waals surface area contributed by atoms with Gasteiger partial charge < -0.3 is 5.32 Å². The third kappa shape index (κ3) is 3.29. The summed E-state index contributed by atoms with van der Waals surface area (Å²) in [5.74, 6) is 0.726. The number of aromatic nitrogens is 2. The summed E-state index contributed by atoms with van der Waals surface area (Å²) >= 11 is 0. The maximum Gasteiger partial charge on any atom is 0.115 e. The van der Waals surface area contributed by atoms with E-state index < -0.39 is 0 Å². The molecule has 1 N–H and O–H groups in total. The van der Waals surface area contributed by atoms with E-state index in [2.05, 4.69) is 36.1 Å². The third-order valence-electron chi connectivity index (χ3n) is 4.22. The largest absolute Gasteiger partial charge is 0.310 e. The van der Waals surface area contributed by atoms with Crippen molar-refractivity contribution in [3.63, 3.8) is 0 Å². The fraction of sp³-hybridized carbons (Fsp3) is 0.733. The smallest absolute Gasteiger partial charge is 0.115 e. The lowest BCUT2D eigenvalue weighted by Gasteiger charge is -2.38. The van der Waals surface area contributed by atoms with Gasteiger partial charge in [-0.2, -0.15) is 0 Å². The molecule has 1 heterocycles. The van der Waals surface area contributed by atoms with Gasteiger partial charge in [0.2, 0.25) is 0 Å². The van der Waals surface area contributed by atoms with Gasteiger partial charge in [0.25, 0.3) is 0 Å². The number of hydrogen-bond acceptors (Lipinski definition) is 3. The molecule has 1 aromatic heterocycles. The summed E-state index contributed by atoms with van der Waals surface area (Å²) in [5, 5.41) is 3.62. The second kappa shape index (κ2) is 5.79. The van der Waals surface area contributed by atoms with Gasteiger partial charge >= 0.3 is 0 Å². The van der Waals surface area contributed by atoms with Crippen LogP contribution >= 0.6 is 0 Å². The predicted octanol–water partition coefficient (Wildman–Crippen LogP) is 3.34. The van der Waals surface area contributed by atoms with E-state index >= 15 is 0 Å². The van der Waals surface area contributed by atoms with Gasteiger partial charge in [-0.25, -0.2) is 9.97 Å². The van der Waals surface area contributed by atoms with E-state index in [1.165, 1.54) is 31.2 Å². The van der Waals surface area contributed by atoms with E-state index in [4.69, 9.17) is 0 Å². The fourth-order valence-electron chi connectivity index (χ4n) is 3.00. The molecule has 100 valence electrons. The Balaban J connectivity index is 2.07. The van der Waals surface area contributed by atoms with Crippen molar-refractivity contribution in [2.45, 2.75) is 52.5 Å². The van der Waals surface area contributed by atoms with Crippen LogP contribution in [0, 0.1) is 11.3 Å². The lowest BCUT2D eigenvalue weighted by molar-refractivity contribution is 0.162. The summed E-state index contributed by atoms with van der Waals surface area (Å²) in [6.07, 6.45) is 10.8. The van der Waals surface area contributed by atoms with E-state index in [0.29, 0.717) is 11.5 Å². The Morgan fingerprint density at radius 3 is 2.44 bits per heavy atom. The molecule has 0 aliphatic heterocycles. The van der Waals surface area contributed by atoms with Crippen LogP contribution < -0.4 is 5.32 Å². The molecule has 2 rings (SSSR count). The number of rotatable bonds is 4. The second-order valence-electron chi connectivity index (χ2n) is 6.21. The van der Waals surface area contributed by atoms with Crippen LogP contribution in [-0.4, -0.2) is 16.5 Å². The molecule has 18 heavy (non-hydrogen) atoms. The Kier molecular flexibility index (Phi) is 4.33. The lowest BCUT2D eigenvalue weighted by atomic mass is 9.70. The molecule has 0 aromatic carbocycles.